The van der Waals surface area contributed by atoms with Gasteiger partial charge in [-0.1, -0.05) is 29.8 Å². The fraction of sp³-hybridized carbons (Fsp3) is 0.429. The summed E-state index contributed by atoms with van der Waals surface area (Å²) in [6.45, 7) is -2.11. The Bertz CT molecular complexity index is 1040. The fourth-order valence-electron chi connectivity index (χ4n) is 3.91. The van der Waals surface area contributed by atoms with Crippen molar-refractivity contribution in [2.75, 3.05) is 11.9 Å². The normalized spacial score (nSPS) is 21.0. The molecule has 8 heteroatoms. The Morgan fingerprint density at radius 1 is 1.21 bits per heavy atom. The van der Waals surface area contributed by atoms with Crippen LogP contribution in [0.1, 0.15) is 36.6 Å². The standard InChI is InChI=1S/C21H21ClF2N4O/c22-19-16(7-8-28-18(9-12-5-6-12)26-27-20(19)28)25-11-13-10-15(13)14-3-1-2-4-17(14)29-21(23)24/h1-4,7-8,12-13,15,21,25H,5-6,9-11H2. The number of halogens is 3. The van der Waals surface area contributed by atoms with Crippen molar-refractivity contribution in [3.63, 3.8) is 0 Å². The second-order valence-electron chi connectivity index (χ2n) is 7.90. The maximum absolute atomic E-state index is 12.6. The third kappa shape index (κ3) is 3.88. The first-order chi connectivity index (χ1) is 14.1. The maximum atomic E-state index is 12.6. The lowest BCUT2D eigenvalue weighted by atomic mass is 10.1. The molecule has 152 valence electrons. The third-order valence-electron chi connectivity index (χ3n) is 5.77. The Labute approximate surface area is 172 Å². The molecule has 5 nitrogen and oxygen atoms in total. The molecule has 2 saturated carbocycles. The number of rotatable bonds is 8. The van der Waals surface area contributed by atoms with Gasteiger partial charge in [0.25, 0.3) is 0 Å². The van der Waals surface area contributed by atoms with Crippen LogP contribution in [0.5, 0.6) is 5.75 Å². The number of hydrogen-bond donors (Lipinski definition) is 1. The van der Waals surface area contributed by atoms with Gasteiger partial charge in [-0.3, -0.25) is 4.40 Å². The topological polar surface area (TPSA) is 51.5 Å². The highest BCUT2D eigenvalue weighted by Crippen LogP contribution is 2.50. The molecule has 2 aliphatic carbocycles. The first kappa shape index (κ1) is 18.6. The number of anilines is 1. The summed E-state index contributed by atoms with van der Waals surface area (Å²) >= 11 is 6.56. The van der Waals surface area contributed by atoms with Gasteiger partial charge in [0.1, 0.15) is 16.6 Å². The fourth-order valence-corrected chi connectivity index (χ4v) is 4.17. The molecule has 0 radical (unpaired) electrons. The predicted octanol–water partition coefficient (Wildman–Crippen LogP) is 5.15. The molecule has 1 N–H and O–H groups in total. The average Bonchev–Trinajstić information content (AvgIpc) is 3.61. The number of para-hydroxylation sites is 1. The van der Waals surface area contributed by atoms with Gasteiger partial charge in [0, 0.05) is 19.2 Å². The molecule has 2 atom stereocenters. The monoisotopic (exact) mass is 418 g/mol. The molecule has 5 rings (SSSR count). The summed E-state index contributed by atoms with van der Waals surface area (Å²) in [6.07, 6.45) is 6.34. The van der Waals surface area contributed by atoms with Crippen molar-refractivity contribution in [1.82, 2.24) is 14.6 Å². The van der Waals surface area contributed by atoms with Crippen LogP contribution in [0.4, 0.5) is 14.5 Å². The molecular weight excluding hydrogens is 398 g/mol. The summed E-state index contributed by atoms with van der Waals surface area (Å²) in [7, 11) is 0. The smallest absolute Gasteiger partial charge is 0.387 e. The molecule has 2 fully saturated rings. The quantitative estimate of drug-likeness (QED) is 0.549. The Morgan fingerprint density at radius 2 is 2.03 bits per heavy atom. The zero-order valence-corrected chi connectivity index (χ0v) is 16.4. The zero-order valence-electron chi connectivity index (χ0n) is 15.7. The summed E-state index contributed by atoms with van der Waals surface area (Å²) in [4.78, 5) is 0. The molecule has 2 heterocycles. The van der Waals surface area contributed by atoms with E-state index in [9.17, 15) is 8.78 Å². The largest absolute Gasteiger partial charge is 0.435 e. The van der Waals surface area contributed by atoms with E-state index >= 15 is 0 Å². The molecule has 0 saturated heterocycles. The minimum Gasteiger partial charge on any atom is -0.435 e. The van der Waals surface area contributed by atoms with Gasteiger partial charge in [-0.25, -0.2) is 0 Å². The number of pyridine rings is 1. The highest BCUT2D eigenvalue weighted by Gasteiger charge is 2.40. The summed E-state index contributed by atoms with van der Waals surface area (Å²) in [5.74, 6) is 2.49. The summed E-state index contributed by atoms with van der Waals surface area (Å²) in [5, 5.41) is 12.5. The lowest BCUT2D eigenvalue weighted by Crippen LogP contribution is -2.07. The minimum atomic E-state index is -2.81. The average molecular weight is 419 g/mol. The number of alkyl halides is 2. The number of nitrogens with zero attached hydrogens (tertiary/aromatic N) is 3. The van der Waals surface area contributed by atoms with E-state index in [4.69, 9.17) is 11.6 Å². The molecule has 2 aliphatic rings. The molecule has 0 spiro atoms. The van der Waals surface area contributed by atoms with Crippen LogP contribution in [0.15, 0.2) is 36.5 Å². The number of fused-ring (bicyclic) bond motifs is 1. The lowest BCUT2D eigenvalue weighted by Gasteiger charge is -2.12. The molecule has 0 amide bonds. The molecule has 0 aliphatic heterocycles. The molecule has 2 aromatic heterocycles. The van der Waals surface area contributed by atoms with Gasteiger partial charge in [0.15, 0.2) is 5.65 Å². The van der Waals surface area contributed by atoms with Crippen LogP contribution in [0.3, 0.4) is 0 Å². The van der Waals surface area contributed by atoms with Gasteiger partial charge in [-0.2, -0.15) is 8.78 Å². The van der Waals surface area contributed by atoms with Crippen LogP contribution in [0, 0.1) is 11.8 Å². The Balaban J connectivity index is 1.26. The van der Waals surface area contributed by atoms with E-state index < -0.39 is 6.61 Å². The summed E-state index contributed by atoms with van der Waals surface area (Å²) in [6, 6.07) is 8.96. The summed E-state index contributed by atoms with van der Waals surface area (Å²) in [5.41, 5.74) is 2.31. The van der Waals surface area contributed by atoms with Gasteiger partial charge >= 0.3 is 6.61 Å². The summed E-state index contributed by atoms with van der Waals surface area (Å²) < 4.78 is 31.9. The van der Waals surface area contributed by atoms with E-state index in [1.807, 2.05) is 28.8 Å². The first-order valence-electron chi connectivity index (χ1n) is 9.90. The van der Waals surface area contributed by atoms with E-state index in [2.05, 4.69) is 20.3 Å². The van der Waals surface area contributed by atoms with Crippen molar-refractivity contribution in [3.8, 4) is 5.75 Å². The van der Waals surface area contributed by atoms with Gasteiger partial charge in [0.05, 0.1) is 5.69 Å². The van der Waals surface area contributed by atoms with Crippen LogP contribution >= 0.6 is 11.6 Å². The number of benzene rings is 1. The molecule has 29 heavy (non-hydrogen) atoms. The van der Waals surface area contributed by atoms with Crippen LogP contribution in [-0.4, -0.2) is 27.8 Å². The van der Waals surface area contributed by atoms with Crippen LogP contribution in [0.25, 0.3) is 5.65 Å². The van der Waals surface area contributed by atoms with Crippen LogP contribution in [0.2, 0.25) is 5.02 Å². The SMILES string of the molecule is FC(F)Oc1ccccc1C1CC1CNc1ccn2c(CC3CC3)nnc2c1Cl. The zero-order chi connectivity index (χ0) is 20.0. The van der Waals surface area contributed by atoms with Crippen molar-refractivity contribution >= 4 is 22.9 Å². The number of hydrogen-bond acceptors (Lipinski definition) is 4. The van der Waals surface area contributed by atoms with E-state index in [0.29, 0.717) is 23.1 Å². The van der Waals surface area contributed by atoms with Crippen molar-refractivity contribution < 1.29 is 13.5 Å². The number of ether oxygens (including phenoxy) is 1. The predicted molar refractivity (Wildman–Crippen MR) is 107 cm³/mol. The minimum absolute atomic E-state index is 0.207. The van der Waals surface area contributed by atoms with Crippen molar-refractivity contribution in [2.45, 2.75) is 38.2 Å². The van der Waals surface area contributed by atoms with Crippen LogP contribution in [-0.2, 0) is 6.42 Å². The van der Waals surface area contributed by atoms with Gasteiger partial charge in [0.2, 0.25) is 0 Å². The first-order valence-corrected chi connectivity index (χ1v) is 10.3. The molecule has 0 bridgehead atoms. The Morgan fingerprint density at radius 3 is 2.83 bits per heavy atom. The highest BCUT2D eigenvalue weighted by molar-refractivity contribution is 6.36. The molecule has 3 aromatic rings. The van der Waals surface area contributed by atoms with Gasteiger partial charge in [-0.05, 0) is 54.7 Å². The second kappa shape index (κ2) is 7.44. The van der Waals surface area contributed by atoms with Crippen molar-refractivity contribution in [2.24, 2.45) is 11.8 Å². The van der Waals surface area contributed by atoms with Gasteiger partial charge in [-0.15, -0.1) is 10.2 Å². The third-order valence-corrected chi connectivity index (χ3v) is 6.14. The second-order valence-corrected chi connectivity index (χ2v) is 8.28. The van der Waals surface area contributed by atoms with E-state index in [-0.39, 0.29) is 11.7 Å². The van der Waals surface area contributed by atoms with Crippen molar-refractivity contribution in [3.05, 3.63) is 52.9 Å². The highest BCUT2D eigenvalue weighted by atomic mass is 35.5. The molecule has 1 aromatic carbocycles. The van der Waals surface area contributed by atoms with E-state index in [1.165, 1.54) is 12.8 Å². The maximum Gasteiger partial charge on any atom is 0.387 e. The van der Waals surface area contributed by atoms with E-state index in [0.717, 1.165) is 35.8 Å². The molecular formula is C21H21ClF2N4O. The van der Waals surface area contributed by atoms with Gasteiger partial charge < -0.3 is 10.1 Å². The van der Waals surface area contributed by atoms with Crippen molar-refractivity contribution in [1.29, 1.82) is 0 Å². The Hall–Kier alpha value is -2.41. The molecule has 2 unspecified atom stereocenters. The lowest BCUT2D eigenvalue weighted by molar-refractivity contribution is -0.0504. The number of nitrogens with one attached hydrogen (secondary N) is 1. The van der Waals surface area contributed by atoms with E-state index in [1.54, 1.807) is 12.1 Å². The van der Waals surface area contributed by atoms with Crippen LogP contribution < -0.4 is 10.1 Å². The Kier molecular flexibility index (Phi) is 4.78. The number of aromatic nitrogens is 3.